The third-order valence-corrected chi connectivity index (χ3v) is 3.28. The number of nitrogens with one attached hydrogen (secondary N) is 1. The number of rotatable bonds is 7. The van der Waals surface area contributed by atoms with Gasteiger partial charge in [-0.25, -0.2) is 0 Å². The van der Waals surface area contributed by atoms with Crippen LogP contribution in [0, 0.1) is 11.3 Å². The van der Waals surface area contributed by atoms with E-state index >= 15 is 0 Å². The van der Waals surface area contributed by atoms with Crippen molar-refractivity contribution in [3.8, 4) is 0 Å². The Labute approximate surface area is 103 Å². The van der Waals surface area contributed by atoms with E-state index < -0.39 is 0 Å². The maximum atomic E-state index is 3.44. The van der Waals surface area contributed by atoms with Gasteiger partial charge in [-0.15, -0.1) is 0 Å². The topological polar surface area (TPSA) is 15.3 Å². The van der Waals surface area contributed by atoms with Crippen LogP contribution in [-0.2, 0) is 0 Å². The predicted molar refractivity (Wildman–Crippen MR) is 73.9 cm³/mol. The van der Waals surface area contributed by atoms with Crippen molar-refractivity contribution < 1.29 is 0 Å². The van der Waals surface area contributed by atoms with Gasteiger partial charge in [0.05, 0.1) is 0 Å². The molecule has 0 saturated carbocycles. The van der Waals surface area contributed by atoms with Crippen molar-refractivity contribution in [1.82, 2.24) is 10.2 Å². The molecule has 2 nitrogen and oxygen atoms in total. The molecule has 0 heterocycles. The molecule has 0 amide bonds. The van der Waals surface area contributed by atoms with E-state index in [9.17, 15) is 0 Å². The second kappa shape index (κ2) is 7.29. The Morgan fingerprint density at radius 2 is 1.56 bits per heavy atom. The smallest absolute Gasteiger partial charge is 0.0125 e. The van der Waals surface area contributed by atoms with Crippen molar-refractivity contribution in [2.24, 2.45) is 11.3 Å². The minimum atomic E-state index is 0.355. The Bertz CT molecular complexity index is 170. The van der Waals surface area contributed by atoms with Crippen molar-refractivity contribution >= 4 is 0 Å². The molecule has 0 aromatic carbocycles. The molecule has 0 aromatic rings. The fourth-order valence-electron chi connectivity index (χ4n) is 1.95. The Kier molecular flexibility index (Phi) is 7.25. The van der Waals surface area contributed by atoms with Gasteiger partial charge < -0.3 is 10.2 Å². The quantitative estimate of drug-likeness (QED) is 0.720. The lowest BCUT2D eigenvalue weighted by Gasteiger charge is -2.32. The first kappa shape index (κ1) is 15.9. The van der Waals surface area contributed by atoms with E-state index in [1.54, 1.807) is 0 Å². The molecule has 1 atom stereocenters. The van der Waals surface area contributed by atoms with Crippen molar-refractivity contribution in [3.05, 3.63) is 0 Å². The number of hydrogen-bond acceptors (Lipinski definition) is 2. The van der Waals surface area contributed by atoms with Crippen molar-refractivity contribution in [2.75, 3.05) is 27.2 Å². The van der Waals surface area contributed by atoms with Crippen LogP contribution >= 0.6 is 0 Å². The van der Waals surface area contributed by atoms with Crippen LogP contribution in [-0.4, -0.2) is 38.1 Å². The van der Waals surface area contributed by atoms with Crippen LogP contribution < -0.4 is 5.32 Å². The van der Waals surface area contributed by atoms with Gasteiger partial charge in [-0.05, 0) is 51.4 Å². The monoisotopic (exact) mass is 228 g/mol. The number of nitrogens with zero attached hydrogens (tertiary/aromatic N) is 1. The molecule has 0 rings (SSSR count). The Hall–Kier alpha value is -0.0800. The predicted octanol–water partition coefficient (Wildman–Crippen LogP) is 2.99. The third kappa shape index (κ3) is 7.24. The van der Waals surface area contributed by atoms with Crippen LogP contribution in [0.2, 0.25) is 0 Å². The molecule has 0 bridgehead atoms. The molecule has 1 N–H and O–H groups in total. The van der Waals surface area contributed by atoms with Crippen LogP contribution in [0.25, 0.3) is 0 Å². The van der Waals surface area contributed by atoms with E-state index in [0.29, 0.717) is 11.5 Å². The first-order chi connectivity index (χ1) is 7.27. The summed E-state index contributed by atoms with van der Waals surface area (Å²) in [6.07, 6.45) is 2.53. The standard InChI is InChI=1S/C14H32N2/c1-12(2)8-10-16(7)11-9-13(15-6)14(3,4)5/h12-13,15H,8-11H2,1-7H3. The minimum absolute atomic E-state index is 0.355. The van der Waals surface area contributed by atoms with Gasteiger partial charge in [-0.3, -0.25) is 0 Å². The van der Waals surface area contributed by atoms with Gasteiger partial charge in [-0.2, -0.15) is 0 Å². The van der Waals surface area contributed by atoms with E-state index in [1.807, 2.05) is 0 Å². The van der Waals surface area contributed by atoms with Crippen LogP contribution in [0.4, 0.5) is 0 Å². The maximum Gasteiger partial charge on any atom is 0.0125 e. The number of hydrogen-bond donors (Lipinski definition) is 1. The van der Waals surface area contributed by atoms with Crippen molar-refractivity contribution in [3.63, 3.8) is 0 Å². The summed E-state index contributed by atoms with van der Waals surface area (Å²) in [5.41, 5.74) is 0.355. The molecule has 0 aliphatic heterocycles. The van der Waals surface area contributed by atoms with Gasteiger partial charge in [0.25, 0.3) is 0 Å². The summed E-state index contributed by atoms with van der Waals surface area (Å²) in [4.78, 5) is 2.45. The molecular weight excluding hydrogens is 196 g/mol. The summed E-state index contributed by atoms with van der Waals surface area (Å²) in [6, 6.07) is 0.606. The average molecular weight is 228 g/mol. The Morgan fingerprint density at radius 3 is 1.94 bits per heavy atom. The van der Waals surface area contributed by atoms with Gasteiger partial charge in [0, 0.05) is 6.04 Å². The summed E-state index contributed by atoms with van der Waals surface area (Å²) in [5.74, 6) is 0.810. The van der Waals surface area contributed by atoms with E-state index in [4.69, 9.17) is 0 Å². The van der Waals surface area contributed by atoms with Crippen LogP contribution in [0.5, 0.6) is 0 Å². The Balaban J connectivity index is 3.84. The average Bonchev–Trinajstić information content (AvgIpc) is 2.13. The lowest BCUT2D eigenvalue weighted by atomic mass is 9.85. The van der Waals surface area contributed by atoms with Crippen LogP contribution in [0.1, 0.15) is 47.5 Å². The first-order valence-electron chi connectivity index (χ1n) is 6.63. The van der Waals surface area contributed by atoms with Gasteiger partial charge in [-0.1, -0.05) is 34.6 Å². The highest BCUT2D eigenvalue weighted by Crippen LogP contribution is 2.21. The van der Waals surface area contributed by atoms with E-state index in [1.165, 1.54) is 25.9 Å². The van der Waals surface area contributed by atoms with Crippen molar-refractivity contribution in [2.45, 2.75) is 53.5 Å². The highest BCUT2D eigenvalue weighted by Gasteiger charge is 2.22. The third-order valence-electron chi connectivity index (χ3n) is 3.28. The molecule has 0 fully saturated rings. The summed E-state index contributed by atoms with van der Waals surface area (Å²) < 4.78 is 0. The highest BCUT2D eigenvalue weighted by atomic mass is 15.1. The summed E-state index contributed by atoms with van der Waals surface area (Å²) >= 11 is 0. The zero-order chi connectivity index (χ0) is 12.8. The molecule has 0 aromatic heterocycles. The molecule has 0 aliphatic carbocycles. The molecule has 0 aliphatic rings. The summed E-state index contributed by atoms with van der Waals surface area (Å²) in [7, 11) is 4.31. The van der Waals surface area contributed by atoms with E-state index in [2.05, 4.69) is 58.9 Å². The van der Waals surface area contributed by atoms with Crippen LogP contribution in [0.15, 0.2) is 0 Å². The van der Waals surface area contributed by atoms with Crippen LogP contribution in [0.3, 0.4) is 0 Å². The van der Waals surface area contributed by atoms with Gasteiger partial charge in [0.2, 0.25) is 0 Å². The molecular formula is C14H32N2. The summed E-state index contributed by atoms with van der Waals surface area (Å²) in [5, 5.41) is 3.44. The molecule has 1 unspecified atom stereocenters. The molecule has 0 saturated heterocycles. The van der Waals surface area contributed by atoms with Gasteiger partial charge in [0.1, 0.15) is 0 Å². The minimum Gasteiger partial charge on any atom is -0.316 e. The molecule has 0 spiro atoms. The SMILES string of the molecule is CNC(CCN(C)CCC(C)C)C(C)(C)C. The fraction of sp³-hybridized carbons (Fsp3) is 1.00. The second-order valence-electron chi connectivity index (χ2n) is 6.48. The molecule has 98 valence electrons. The second-order valence-corrected chi connectivity index (χ2v) is 6.48. The fourth-order valence-corrected chi connectivity index (χ4v) is 1.95. The largest absolute Gasteiger partial charge is 0.316 e. The van der Waals surface area contributed by atoms with E-state index in [0.717, 1.165) is 5.92 Å². The van der Waals surface area contributed by atoms with Gasteiger partial charge >= 0.3 is 0 Å². The lowest BCUT2D eigenvalue weighted by molar-refractivity contribution is 0.225. The molecule has 16 heavy (non-hydrogen) atoms. The molecule has 2 heteroatoms. The zero-order valence-electron chi connectivity index (χ0n) is 12.4. The highest BCUT2D eigenvalue weighted by molar-refractivity contribution is 4.79. The zero-order valence-corrected chi connectivity index (χ0v) is 12.4. The molecule has 0 radical (unpaired) electrons. The Morgan fingerprint density at radius 1 is 1.06 bits per heavy atom. The summed E-state index contributed by atoms with van der Waals surface area (Å²) in [6.45, 7) is 13.9. The normalized spacial score (nSPS) is 14.8. The van der Waals surface area contributed by atoms with Gasteiger partial charge in [0.15, 0.2) is 0 Å². The lowest BCUT2D eigenvalue weighted by Crippen LogP contribution is -2.40. The van der Waals surface area contributed by atoms with E-state index in [-0.39, 0.29) is 0 Å². The van der Waals surface area contributed by atoms with Crippen molar-refractivity contribution in [1.29, 1.82) is 0 Å². The maximum absolute atomic E-state index is 3.44. The first-order valence-corrected chi connectivity index (χ1v) is 6.63.